The highest BCUT2D eigenvalue weighted by Gasteiger charge is 2.40. The number of anilines is 1. The molecule has 83 heavy (non-hydrogen) atoms. The minimum Gasteiger partial charge on any atom is -0.497 e. The Morgan fingerprint density at radius 2 is 1.16 bits per heavy atom. The summed E-state index contributed by atoms with van der Waals surface area (Å²) in [5.41, 5.74) is 5.96. The van der Waals surface area contributed by atoms with Gasteiger partial charge in [-0.25, -0.2) is 0 Å². The van der Waals surface area contributed by atoms with Crippen LogP contribution in [-0.4, -0.2) is 134 Å². The molecule has 436 valence electrons. The summed E-state index contributed by atoms with van der Waals surface area (Å²) in [6.45, 7) is 9.90. The van der Waals surface area contributed by atoms with Crippen molar-refractivity contribution in [3.8, 4) is 28.7 Å². The van der Waals surface area contributed by atoms with Crippen molar-refractivity contribution in [2.75, 3.05) is 46.4 Å². The van der Waals surface area contributed by atoms with Crippen LogP contribution in [0.15, 0.2) is 95.2 Å². The van der Waals surface area contributed by atoms with E-state index in [4.69, 9.17) is 33.7 Å². The number of hydrogen-bond donors (Lipinski definition) is 3. The average molecular weight is 1130 g/mol. The zero-order chi connectivity index (χ0) is 59.1. The second-order valence-corrected chi connectivity index (χ2v) is 22.0. The van der Waals surface area contributed by atoms with Gasteiger partial charge in [0.2, 0.25) is 29.5 Å². The van der Waals surface area contributed by atoms with Crippen molar-refractivity contribution in [1.82, 2.24) is 25.3 Å². The monoisotopic (exact) mass is 1130 g/mol. The molecule has 5 aliphatic rings. The van der Waals surface area contributed by atoms with Crippen LogP contribution in [0.3, 0.4) is 0 Å². The highest BCUT2D eigenvalue weighted by molar-refractivity contribution is 6.07. The molecular weight excluding hydrogens is 1060 g/mol. The van der Waals surface area contributed by atoms with Crippen LogP contribution in [0.25, 0.3) is 11.1 Å². The molecule has 4 aromatic rings. The number of imide groups is 1. The third kappa shape index (κ3) is 13.3. The predicted octanol–water partition coefficient (Wildman–Crippen LogP) is 8.68. The Labute approximate surface area is 483 Å². The smallest absolute Gasteiger partial charge is 0.260 e. The fraction of sp³-hybridized carbons (Fsp3) is 0.413. The first-order valence-corrected chi connectivity index (χ1v) is 28.3. The van der Waals surface area contributed by atoms with Crippen LogP contribution in [0.2, 0.25) is 0 Å². The number of fused-ring (bicyclic) bond motifs is 4. The third-order valence-electron chi connectivity index (χ3n) is 15.6. The van der Waals surface area contributed by atoms with Gasteiger partial charge in [0.15, 0.2) is 23.0 Å². The Kier molecular flexibility index (Phi) is 18.4. The van der Waals surface area contributed by atoms with Crippen LogP contribution in [-0.2, 0) is 24.0 Å². The van der Waals surface area contributed by atoms with Crippen LogP contribution in [0.1, 0.15) is 118 Å². The molecule has 0 saturated carbocycles. The zero-order valence-corrected chi connectivity index (χ0v) is 48.2. The number of ether oxygens (including phenoxy) is 5. The van der Waals surface area contributed by atoms with Crippen LogP contribution in [0, 0.1) is 17.8 Å². The number of amides is 7. The number of rotatable bonds is 24. The van der Waals surface area contributed by atoms with Gasteiger partial charge in [-0.15, -0.1) is 0 Å². The van der Waals surface area contributed by atoms with Crippen molar-refractivity contribution in [2.24, 2.45) is 27.7 Å². The maximum absolute atomic E-state index is 14.1. The number of methoxy groups -OCH3 is 3. The molecule has 5 heterocycles. The second-order valence-electron chi connectivity index (χ2n) is 22.0. The fourth-order valence-electron chi connectivity index (χ4n) is 10.7. The van der Waals surface area contributed by atoms with Crippen LogP contribution >= 0.6 is 0 Å². The lowest BCUT2D eigenvalue weighted by Crippen LogP contribution is -2.53. The van der Waals surface area contributed by atoms with E-state index in [1.165, 1.54) is 19.1 Å². The Morgan fingerprint density at radius 1 is 0.614 bits per heavy atom. The summed E-state index contributed by atoms with van der Waals surface area (Å²) < 4.78 is 29.0. The van der Waals surface area contributed by atoms with Gasteiger partial charge < -0.3 is 49.4 Å². The van der Waals surface area contributed by atoms with Crippen LogP contribution in [0.5, 0.6) is 28.7 Å². The standard InChI is InChI=1S/C63H72N8O12/c1-36(2)47-29-57(73)69(61(47)76)22-11-9-10-13-56(72)68-58(37(3)4)60(75)66-38(5)59(74)67-43-18-14-39(15-19-43)41-25-44-32-64-50-30-54(52(80-7)27-48(50)62(77)70(44)34-41)82-23-12-24-83-55-31-51-49(28-53(55)81-8)63(78)71-35-42(26-45(71)33-65-51)40-16-20-46(79-6)21-17-40/h14-21,27-28,30-38,44-45,47,58H,9-13,22-26,29H2,1-8H3,(H,66,75)(H,67,74)(H,68,72)/t38-,44?,45-,47?,58?/m0/s1. The molecule has 0 spiro atoms. The summed E-state index contributed by atoms with van der Waals surface area (Å²) >= 11 is 0. The lowest BCUT2D eigenvalue weighted by atomic mass is 9.94. The molecule has 0 radical (unpaired) electrons. The summed E-state index contributed by atoms with van der Waals surface area (Å²) in [5, 5.41) is 8.39. The molecule has 20 nitrogen and oxygen atoms in total. The van der Waals surface area contributed by atoms with E-state index in [1.54, 1.807) is 72.7 Å². The van der Waals surface area contributed by atoms with Crippen molar-refractivity contribution in [3.05, 3.63) is 107 Å². The topological polar surface area (TPSA) is 236 Å². The van der Waals surface area contributed by atoms with E-state index < -0.39 is 23.9 Å². The summed E-state index contributed by atoms with van der Waals surface area (Å²) in [5.74, 6) is 0.00201. The quantitative estimate of drug-likeness (QED) is 0.0442. The van der Waals surface area contributed by atoms with Crippen molar-refractivity contribution in [1.29, 1.82) is 0 Å². The molecule has 3 unspecified atom stereocenters. The Balaban J connectivity index is 0.730. The van der Waals surface area contributed by atoms with Gasteiger partial charge in [-0.05, 0) is 90.3 Å². The molecule has 5 aliphatic heterocycles. The van der Waals surface area contributed by atoms with Crippen LogP contribution < -0.4 is 39.6 Å². The van der Waals surface area contributed by atoms with E-state index in [0.717, 1.165) is 28.0 Å². The highest BCUT2D eigenvalue weighted by Crippen LogP contribution is 2.42. The molecule has 5 atom stereocenters. The summed E-state index contributed by atoms with van der Waals surface area (Å²) in [7, 11) is 4.65. The minimum atomic E-state index is -0.925. The van der Waals surface area contributed by atoms with Gasteiger partial charge in [0.05, 0.1) is 69.1 Å². The lowest BCUT2D eigenvalue weighted by Gasteiger charge is -2.24. The Morgan fingerprint density at radius 3 is 1.65 bits per heavy atom. The van der Waals surface area contributed by atoms with E-state index in [1.807, 2.05) is 76.5 Å². The summed E-state index contributed by atoms with van der Waals surface area (Å²) in [6, 6.07) is 19.3. The number of aliphatic imine (C=N–C) groups is 2. The third-order valence-corrected chi connectivity index (χ3v) is 15.6. The van der Waals surface area contributed by atoms with Gasteiger partial charge >= 0.3 is 0 Å². The van der Waals surface area contributed by atoms with Crippen molar-refractivity contribution >= 4 is 82.0 Å². The van der Waals surface area contributed by atoms with Crippen molar-refractivity contribution < 1.29 is 57.2 Å². The van der Waals surface area contributed by atoms with Gasteiger partial charge in [-0.1, -0.05) is 58.4 Å². The maximum Gasteiger partial charge on any atom is 0.260 e. The van der Waals surface area contributed by atoms with E-state index in [0.29, 0.717) is 96.3 Å². The predicted molar refractivity (Wildman–Crippen MR) is 314 cm³/mol. The number of likely N-dealkylation sites (tertiary alicyclic amines) is 1. The second kappa shape index (κ2) is 26.0. The SMILES string of the molecule is COc1ccc(C2=CN3C(=O)c4cc(OC)c(OCCCOc5cc6c(cc5OC)C(=O)N5C=C(c7ccc(NC(=O)[C@H](C)NC(=O)C(NC(=O)CCCCCN8C(=O)CC(C(C)C)C8=O)C(C)C)cc7)CC5C=N6)cc4N=C[C@@H]3C2)cc1. The minimum absolute atomic E-state index is 0.101. The van der Waals surface area contributed by atoms with Crippen molar-refractivity contribution in [2.45, 2.75) is 110 Å². The molecule has 3 N–H and O–H groups in total. The molecule has 7 amide bonds. The van der Waals surface area contributed by atoms with Gasteiger partial charge in [0.25, 0.3) is 11.8 Å². The van der Waals surface area contributed by atoms with Gasteiger partial charge in [-0.3, -0.25) is 48.4 Å². The van der Waals surface area contributed by atoms with E-state index >= 15 is 0 Å². The number of unbranched alkanes of at least 4 members (excludes halogenated alkanes) is 2. The number of hydrogen-bond acceptors (Lipinski definition) is 14. The molecular formula is C63H72N8O12. The molecule has 9 rings (SSSR count). The largest absolute Gasteiger partial charge is 0.497 e. The molecule has 20 heteroatoms. The van der Waals surface area contributed by atoms with E-state index in [2.05, 4.69) is 16.0 Å². The Hall–Kier alpha value is -8.81. The van der Waals surface area contributed by atoms with Crippen molar-refractivity contribution in [3.63, 3.8) is 0 Å². The summed E-state index contributed by atoms with van der Waals surface area (Å²) in [6.07, 6.45) is 11.0. The van der Waals surface area contributed by atoms with Gasteiger partial charge in [-0.2, -0.15) is 0 Å². The molecule has 1 saturated heterocycles. The van der Waals surface area contributed by atoms with Crippen LogP contribution in [0.4, 0.5) is 17.1 Å². The normalized spacial score (nSPS) is 18.6. The fourth-order valence-corrected chi connectivity index (χ4v) is 10.7. The number of nitrogens with one attached hydrogen (secondary N) is 3. The molecule has 4 aromatic carbocycles. The molecule has 0 bridgehead atoms. The van der Waals surface area contributed by atoms with Gasteiger partial charge in [0.1, 0.15) is 17.8 Å². The zero-order valence-electron chi connectivity index (χ0n) is 48.2. The van der Waals surface area contributed by atoms with E-state index in [-0.39, 0.29) is 85.4 Å². The van der Waals surface area contributed by atoms with Gasteiger partial charge in [0, 0.05) is 87.2 Å². The molecule has 1 fully saturated rings. The number of carbonyl (C=O) groups excluding carboxylic acids is 7. The number of benzene rings is 4. The average Bonchev–Trinajstić information content (AvgIpc) is 4.07. The first kappa shape index (κ1) is 58.8. The Bertz CT molecular complexity index is 3280. The lowest BCUT2D eigenvalue weighted by molar-refractivity contribution is -0.140. The molecule has 0 aliphatic carbocycles. The maximum atomic E-state index is 14.1. The van der Waals surface area contributed by atoms with E-state index in [9.17, 15) is 33.6 Å². The first-order chi connectivity index (χ1) is 39.9. The first-order valence-electron chi connectivity index (χ1n) is 28.3. The number of carbonyl (C=O) groups is 7. The molecule has 0 aromatic heterocycles. The number of nitrogens with zero attached hydrogens (tertiary/aromatic N) is 5. The summed E-state index contributed by atoms with van der Waals surface area (Å²) in [4.78, 5) is 107. The highest BCUT2D eigenvalue weighted by atomic mass is 16.5.